The molecule has 0 unspecified atom stereocenters. The molecule has 0 radical (unpaired) electrons. The number of rotatable bonds is 1. The molecular formula is C15H15N5. The van der Waals surface area contributed by atoms with Gasteiger partial charge in [0.25, 0.3) is 0 Å². The maximum absolute atomic E-state index is 6.02. The topological polar surface area (TPSA) is 60.0 Å². The first-order valence-corrected chi connectivity index (χ1v) is 6.71. The molecule has 0 atom stereocenters. The molecule has 0 aliphatic carbocycles. The van der Waals surface area contributed by atoms with E-state index < -0.39 is 0 Å². The number of nitrogens with zero attached hydrogens (tertiary/aromatic N) is 4. The van der Waals surface area contributed by atoms with E-state index in [1.165, 1.54) is 5.69 Å². The second-order valence-electron chi connectivity index (χ2n) is 5.03. The fourth-order valence-corrected chi connectivity index (χ4v) is 2.84. The summed E-state index contributed by atoms with van der Waals surface area (Å²) in [6, 6.07) is 8.01. The third-order valence-electron chi connectivity index (χ3n) is 3.86. The minimum absolute atomic E-state index is 0.725. The smallest absolute Gasteiger partial charge is 0.128 e. The van der Waals surface area contributed by atoms with Crippen LogP contribution in [-0.2, 0) is 13.1 Å². The second kappa shape index (κ2) is 4.23. The number of benzene rings is 1. The van der Waals surface area contributed by atoms with E-state index in [2.05, 4.69) is 31.6 Å². The van der Waals surface area contributed by atoms with Gasteiger partial charge in [-0.3, -0.25) is 4.98 Å². The van der Waals surface area contributed by atoms with Crippen molar-refractivity contribution in [3.63, 3.8) is 0 Å². The van der Waals surface area contributed by atoms with E-state index in [9.17, 15) is 0 Å². The van der Waals surface area contributed by atoms with Crippen molar-refractivity contribution in [2.45, 2.75) is 13.1 Å². The molecule has 0 saturated heterocycles. The summed E-state index contributed by atoms with van der Waals surface area (Å²) in [6.45, 7) is 2.75. The molecule has 4 rings (SSSR count). The number of hydrogen-bond donors (Lipinski definition) is 1. The Morgan fingerprint density at radius 2 is 2.00 bits per heavy atom. The monoisotopic (exact) mass is 265 g/mol. The van der Waals surface area contributed by atoms with Gasteiger partial charge in [-0.25, -0.2) is 4.98 Å². The Labute approximate surface area is 116 Å². The minimum atomic E-state index is 0.725. The van der Waals surface area contributed by atoms with E-state index in [1.807, 2.05) is 30.7 Å². The predicted octanol–water partition coefficient (Wildman–Crippen LogP) is 2.03. The van der Waals surface area contributed by atoms with E-state index in [0.717, 1.165) is 42.0 Å². The molecule has 2 N–H and O–H groups in total. The lowest BCUT2D eigenvalue weighted by Gasteiger charge is -2.30. The lowest BCUT2D eigenvalue weighted by Crippen LogP contribution is -2.33. The van der Waals surface area contributed by atoms with Crippen molar-refractivity contribution >= 4 is 22.3 Å². The van der Waals surface area contributed by atoms with Gasteiger partial charge in [-0.1, -0.05) is 12.1 Å². The summed E-state index contributed by atoms with van der Waals surface area (Å²) in [7, 11) is 0. The average Bonchev–Trinajstić information content (AvgIpc) is 2.94. The number of nitrogen functional groups attached to an aromatic ring is 1. The highest BCUT2D eigenvalue weighted by atomic mass is 15.2. The van der Waals surface area contributed by atoms with Crippen LogP contribution >= 0.6 is 0 Å². The zero-order valence-electron chi connectivity index (χ0n) is 11.0. The molecule has 5 nitrogen and oxygen atoms in total. The molecule has 3 aromatic rings. The number of anilines is 2. The summed E-state index contributed by atoms with van der Waals surface area (Å²) in [5.41, 5.74) is 8.79. The molecule has 20 heavy (non-hydrogen) atoms. The van der Waals surface area contributed by atoms with Crippen LogP contribution in [0.3, 0.4) is 0 Å². The third kappa shape index (κ3) is 1.63. The number of fused-ring (bicyclic) bond motifs is 2. The van der Waals surface area contributed by atoms with Gasteiger partial charge in [0.05, 0.1) is 17.7 Å². The zero-order valence-corrected chi connectivity index (χ0v) is 11.0. The van der Waals surface area contributed by atoms with E-state index >= 15 is 0 Å². The van der Waals surface area contributed by atoms with Gasteiger partial charge in [0.1, 0.15) is 5.82 Å². The molecule has 1 aliphatic heterocycles. The molecule has 100 valence electrons. The van der Waals surface area contributed by atoms with Crippen LogP contribution in [0.1, 0.15) is 5.82 Å². The molecule has 0 fully saturated rings. The number of para-hydroxylation sites is 1. The van der Waals surface area contributed by atoms with E-state index in [4.69, 9.17) is 5.73 Å². The van der Waals surface area contributed by atoms with Crippen LogP contribution < -0.4 is 10.6 Å². The Morgan fingerprint density at radius 1 is 1.05 bits per heavy atom. The Balaban J connectivity index is 1.82. The van der Waals surface area contributed by atoms with Crippen LogP contribution in [0.5, 0.6) is 0 Å². The summed E-state index contributed by atoms with van der Waals surface area (Å²) in [4.78, 5) is 11.1. The maximum atomic E-state index is 6.02. The molecule has 5 heteroatoms. The highest BCUT2D eigenvalue weighted by molar-refractivity contribution is 5.98. The molecule has 3 heterocycles. The molecule has 2 aromatic heterocycles. The van der Waals surface area contributed by atoms with Crippen LogP contribution in [0.15, 0.2) is 42.9 Å². The lowest BCUT2D eigenvalue weighted by molar-refractivity contribution is 0.561. The van der Waals surface area contributed by atoms with Crippen molar-refractivity contribution in [3.8, 4) is 0 Å². The molecule has 1 aromatic carbocycles. The van der Waals surface area contributed by atoms with Crippen LogP contribution in [0.2, 0.25) is 0 Å². The quantitative estimate of drug-likeness (QED) is 0.684. The van der Waals surface area contributed by atoms with Crippen LogP contribution in [-0.4, -0.2) is 21.1 Å². The van der Waals surface area contributed by atoms with Gasteiger partial charge in [-0.2, -0.15) is 0 Å². The van der Waals surface area contributed by atoms with E-state index in [-0.39, 0.29) is 0 Å². The Bertz CT molecular complexity index is 777. The number of nitrogens with two attached hydrogens (primary N) is 1. The lowest BCUT2D eigenvalue weighted by atomic mass is 10.1. The van der Waals surface area contributed by atoms with Gasteiger partial charge in [-0.05, 0) is 12.1 Å². The molecule has 0 bridgehead atoms. The maximum Gasteiger partial charge on any atom is 0.128 e. The van der Waals surface area contributed by atoms with Gasteiger partial charge < -0.3 is 15.2 Å². The summed E-state index contributed by atoms with van der Waals surface area (Å²) in [5.74, 6) is 1.10. The fourth-order valence-electron chi connectivity index (χ4n) is 2.84. The van der Waals surface area contributed by atoms with Crippen molar-refractivity contribution in [2.24, 2.45) is 0 Å². The number of hydrogen-bond acceptors (Lipinski definition) is 4. The summed E-state index contributed by atoms with van der Waals surface area (Å²) in [6.07, 6.45) is 5.73. The molecule has 1 aliphatic rings. The first-order valence-electron chi connectivity index (χ1n) is 6.71. The highest BCUT2D eigenvalue weighted by Crippen LogP contribution is 2.30. The van der Waals surface area contributed by atoms with Gasteiger partial charge in [0, 0.05) is 42.8 Å². The Hall–Kier alpha value is -2.56. The van der Waals surface area contributed by atoms with Gasteiger partial charge in [0.2, 0.25) is 0 Å². The normalized spacial score (nSPS) is 14.5. The average molecular weight is 265 g/mol. The van der Waals surface area contributed by atoms with Crippen molar-refractivity contribution < 1.29 is 0 Å². The van der Waals surface area contributed by atoms with Crippen molar-refractivity contribution in [1.29, 1.82) is 0 Å². The van der Waals surface area contributed by atoms with Crippen molar-refractivity contribution in [2.75, 3.05) is 17.2 Å². The highest BCUT2D eigenvalue weighted by Gasteiger charge is 2.18. The van der Waals surface area contributed by atoms with E-state index in [1.54, 1.807) is 0 Å². The van der Waals surface area contributed by atoms with Crippen LogP contribution in [0, 0.1) is 0 Å². The molecule has 0 amide bonds. The summed E-state index contributed by atoms with van der Waals surface area (Å²) >= 11 is 0. The first-order chi connectivity index (χ1) is 9.83. The predicted molar refractivity (Wildman–Crippen MR) is 79.4 cm³/mol. The van der Waals surface area contributed by atoms with Gasteiger partial charge in [0.15, 0.2) is 0 Å². The van der Waals surface area contributed by atoms with E-state index in [0.29, 0.717) is 0 Å². The fraction of sp³-hybridized carbons (Fsp3) is 0.200. The number of pyridine rings is 1. The standard InChI is InChI=1S/C15H15N5/c16-12-3-1-2-11-13(4-5-18-15(11)12)20-9-8-19-7-6-17-14(19)10-20/h1-7H,8-10,16H2. The van der Waals surface area contributed by atoms with Crippen LogP contribution in [0.25, 0.3) is 10.9 Å². The first kappa shape index (κ1) is 11.3. The minimum Gasteiger partial charge on any atom is -0.397 e. The number of imidazole rings is 1. The van der Waals surface area contributed by atoms with Crippen molar-refractivity contribution in [1.82, 2.24) is 14.5 Å². The van der Waals surface area contributed by atoms with Gasteiger partial charge in [-0.15, -0.1) is 0 Å². The van der Waals surface area contributed by atoms with Crippen LogP contribution in [0.4, 0.5) is 11.4 Å². The Morgan fingerprint density at radius 3 is 2.95 bits per heavy atom. The zero-order chi connectivity index (χ0) is 13.5. The SMILES string of the molecule is Nc1cccc2c(N3CCn4ccnc4C3)ccnc12. The largest absolute Gasteiger partial charge is 0.397 e. The molecule has 0 spiro atoms. The summed E-state index contributed by atoms with van der Waals surface area (Å²) < 4.78 is 2.20. The Kier molecular flexibility index (Phi) is 2.39. The second-order valence-corrected chi connectivity index (χ2v) is 5.03. The molecule has 0 saturated carbocycles. The third-order valence-corrected chi connectivity index (χ3v) is 3.86. The van der Waals surface area contributed by atoms with Gasteiger partial charge >= 0.3 is 0 Å². The molecular weight excluding hydrogens is 250 g/mol. The number of aromatic nitrogens is 3. The van der Waals surface area contributed by atoms with Crippen molar-refractivity contribution in [3.05, 3.63) is 48.7 Å². The summed E-state index contributed by atoms with van der Waals surface area (Å²) in [5, 5.41) is 1.10.